The number of halogens is 1. The van der Waals surface area contributed by atoms with Crippen LogP contribution >= 0.6 is 22.9 Å². The molecule has 2 aromatic heterocycles. The Morgan fingerprint density at radius 2 is 1.97 bits per heavy atom. The fourth-order valence-electron chi connectivity index (χ4n) is 5.79. The van der Waals surface area contributed by atoms with Gasteiger partial charge in [0.1, 0.15) is 10.6 Å². The van der Waals surface area contributed by atoms with Crippen LogP contribution in [0.5, 0.6) is 0 Å². The molecule has 35 heavy (non-hydrogen) atoms. The number of hydrogen-bond acceptors (Lipinski definition) is 8. The van der Waals surface area contributed by atoms with E-state index in [1.807, 2.05) is 36.3 Å². The number of morpholine rings is 1. The number of anilines is 2. The number of thiophene rings is 1. The normalized spacial score (nSPS) is 26.5. The zero-order valence-corrected chi connectivity index (χ0v) is 21.1. The van der Waals surface area contributed by atoms with E-state index >= 15 is 0 Å². The molecular formula is C25H28ClN5O3S. The molecular weight excluding hydrogens is 486 g/mol. The van der Waals surface area contributed by atoms with Crippen LogP contribution in [0.15, 0.2) is 29.6 Å². The number of carbonyl (C=O) groups excluding carboxylic acids is 1. The zero-order chi connectivity index (χ0) is 24.1. The fraction of sp³-hybridized carbons (Fsp3) is 0.480. The summed E-state index contributed by atoms with van der Waals surface area (Å²) in [6.07, 6.45) is 3.83. The molecule has 8 nitrogen and oxygen atoms in total. The second-order valence-corrected chi connectivity index (χ2v) is 10.8. The molecule has 3 aliphatic heterocycles. The lowest BCUT2D eigenvalue weighted by molar-refractivity contribution is -0.130. The van der Waals surface area contributed by atoms with Crippen LogP contribution in [0, 0.1) is 0 Å². The number of carbonyl (C=O) groups is 1. The quantitative estimate of drug-likeness (QED) is 0.553. The molecule has 3 atom stereocenters. The summed E-state index contributed by atoms with van der Waals surface area (Å²) >= 11 is 8.23. The third-order valence-corrected chi connectivity index (χ3v) is 8.70. The van der Waals surface area contributed by atoms with Crippen LogP contribution in [-0.4, -0.2) is 67.0 Å². The third-order valence-electron chi connectivity index (χ3n) is 7.50. The van der Waals surface area contributed by atoms with E-state index in [-0.39, 0.29) is 6.10 Å². The largest absolute Gasteiger partial charge is 0.381 e. The van der Waals surface area contributed by atoms with Crippen LogP contribution < -0.4 is 15.5 Å². The number of fused-ring (bicyclic) bond motifs is 3. The van der Waals surface area contributed by atoms with Crippen molar-refractivity contribution in [1.82, 2.24) is 9.97 Å². The van der Waals surface area contributed by atoms with Crippen molar-refractivity contribution in [2.75, 3.05) is 36.6 Å². The Kier molecular flexibility index (Phi) is 6.04. The van der Waals surface area contributed by atoms with Gasteiger partial charge in [-0.05, 0) is 31.7 Å². The molecule has 1 amide bonds. The highest BCUT2D eigenvalue weighted by Gasteiger charge is 2.43. The van der Waals surface area contributed by atoms with Crippen LogP contribution in [0.4, 0.5) is 11.8 Å². The van der Waals surface area contributed by atoms with Crippen molar-refractivity contribution in [3.05, 3.63) is 34.7 Å². The minimum Gasteiger partial charge on any atom is -0.381 e. The molecule has 10 heteroatoms. The van der Waals surface area contributed by atoms with Gasteiger partial charge in [-0.2, -0.15) is 4.98 Å². The summed E-state index contributed by atoms with van der Waals surface area (Å²) in [6.45, 7) is 1.36. The van der Waals surface area contributed by atoms with E-state index in [1.54, 1.807) is 11.3 Å². The first-order chi connectivity index (χ1) is 17.0. The average molecular weight is 514 g/mol. The number of piperidine rings is 1. The van der Waals surface area contributed by atoms with Crippen LogP contribution in [-0.2, 0) is 14.3 Å². The predicted octanol–water partition coefficient (Wildman–Crippen LogP) is 3.85. The number of aromatic nitrogens is 2. The number of primary amides is 1. The molecule has 2 bridgehead atoms. The minimum atomic E-state index is -0.665. The van der Waals surface area contributed by atoms with Gasteiger partial charge >= 0.3 is 0 Å². The Balaban J connectivity index is 1.50. The van der Waals surface area contributed by atoms with Gasteiger partial charge in [-0.25, -0.2) is 4.98 Å². The minimum absolute atomic E-state index is 0.279. The summed E-state index contributed by atoms with van der Waals surface area (Å²) in [4.78, 5) is 27.4. The highest BCUT2D eigenvalue weighted by Crippen LogP contribution is 2.47. The lowest BCUT2D eigenvalue weighted by Gasteiger charge is -2.40. The Morgan fingerprint density at radius 3 is 2.69 bits per heavy atom. The van der Waals surface area contributed by atoms with Crippen molar-refractivity contribution in [1.29, 1.82) is 0 Å². The Bertz CT molecular complexity index is 1260. The molecule has 1 aromatic carbocycles. The van der Waals surface area contributed by atoms with Crippen molar-refractivity contribution < 1.29 is 14.3 Å². The first kappa shape index (κ1) is 23.0. The standard InChI is InChI=1S/C25H28ClN5O3S/c1-33-16-10-14-6-7-15(11-16)31(14)23-21-18(17-4-2-3-5-19(17)26)13-35-24(21)29-25(28-23)30-8-9-34-20(12-30)22(27)32/h2-5,13-16,20H,6-12H2,1H3,(H2,27,32). The second-order valence-electron chi connectivity index (χ2n) is 9.49. The van der Waals surface area contributed by atoms with Crippen molar-refractivity contribution in [3.8, 4) is 11.1 Å². The molecule has 3 fully saturated rings. The number of ether oxygens (including phenoxy) is 2. The Morgan fingerprint density at radius 1 is 1.20 bits per heavy atom. The van der Waals surface area contributed by atoms with Crippen LogP contribution in [0.1, 0.15) is 25.7 Å². The summed E-state index contributed by atoms with van der Waals surface area (Å²) in [5.41, 5.74) is 7.58. The first-order valence-corrected chi connectivity index (χ1v) is 13.3. The maximum Gasteiger partial charge on any atom is 0.248 e. The van der Waals surface area contributed by atoms with Crippen molar-refractivity contribution in [3.63, 3.8) is 0 Å². The van der Waals surface area contributed by atoms with Gasteiger partial charge in [0, 0.05) is 47.3 Å². The van der Waals surface area contributed by atoms with Gasteiger partial charge in [-0.1, -0.05) is 29.8 Å². The summed E-state index contributed by atoms with van der Waals surface area (Å²) in [6, 6.07) is 8.65. The summed E-state index contributed by atoms with van der Waals surface area (Å²) in [7, 11) is 1.81. The number of rotatable bonds is 5. The molecule has 6 rings (SSSR count). The van der Waals surface area contributed by atoms with Crippen LogP contribution in [0.3, 0.4) is 0 Å². The van der Waals surface area contributed by atoms with E-state index in [0.29, 0.717) is 42.8 Å². The molecule has 2 N–H and O–H groups in total. The van der Waals surface area contributed by atoms with E-state index in [2.05, 4.69) is 10.3 Å². The molecule has 3 unspecified atom stereocenters. The number of amides is 1. The van der Waals surface area contributed by atoms with Crippen LogP contribution in [0.2, 0.25) is 5.02 Å². The van der Waals surface area contributed by atoms with E-state index in [1.165, 1.54) is 0 Å². The number of nitrogens with zero attached hydrogens (tertiary/aromatic N) is 4. The second kappa shape index (κ2) is 9.20. The third kappa shape index (κ3) is 4.04. The number of methoxy groups -OCH3 is 1. The molecule has 0 aliphatic carbocycles. The van der Waals surface area contributed by atoms with Crippen molar-refractivity contribution in [2.24, 2.45) is 5.73 Å². The van der Waals surface area contributed by atoms with E-state index in [9.17, 15) is 4.79 Å². The molecule has 0 radical (unpaired) electrons. The average Bonchev–Trinajstić information content (AvgIpc) is 3.41. The summed E-state index contributed by atoms with van der Waals surface area (Å²) < 4.78 is 11.3. The van der Waals surface area contributed by atoms with Crippen molar-refractivity contribution in [2.45, 2.75) is 50.0 Å². The van der Waals surface area contributed by atoms with Gasteiger partial charge in [0.05, 0.1) is 24.6 Å². The molecule has 184 valence electrons. The maximum absolute atomic E-state index is 11.8. The van der Waals surface area contributed by atoms with E-state index in [4.69, 9.17) is 36.8 Å². The van der Waals surface area contributed by atoms with Gasteiger partial charge in [0.15, 0.2) is 6.10 Å². The molecule has 5 heterocycles. The molecule has 3 aromatic rings. The van der Waals surface area contributed by atoms with E-state index < -0.39 is 12.0 Å². The lowest BCUT2D eigenvalue weighted by Crippen LogP contribution is -2.49. The number of nitrogens with two attached hydrogens (primary N) is 1. The Labute approximate surface area is 213 Å². The molecule has 3 aliphatic rings. The highest BCUT2D eigenvalue weighted by atomic mass is 35.5. The maximum atomic E-state index is 11.8. The van der Waals surface area contributed by atoms with Gasteiger partial charge in [-0.15, -0.1) is 11.3 Å². The first-order valence-electron chi connectivity index (χ1n) is 12.0. The zero-order valence-electron chi connectivity index (χ0n) is 19.5. The van der Waals surface area contributed by atoms with Gasteiger partial charge in [0.25, 0.3) is 0 Å². The highest BCUT2D eigenvalue weighted by molar-refractivity contribution is 7.17. The summed E-state index contributed by atoms with van der Waals surface area (Å²) in [5, 5.41) is 3.88. The summed E-state index contributed by atoms with van der Waals surface area (Å²) in [5.74, 6) is 1.10. The number of hydrogen-bond donors (Lipinski definition) is 1. The molecule has 3 saturated heterocycles. The SMILES string of the molecule is COC1CC2CCC(C1)N2c1nc(N2CCOC(C(N)=O)C2)nc2scc(-c3ccccc3Cl)c12. The predicted molar refractivity (Wildman–Crippen MR) is 138 cm³/mol. The van der Waals surface area contributed by atoms with Crippen LogP contribution in [0.25, 0.3) is 21.3 Å². The van der Waals surface area contributed by atoms with Gasteiger partial charge in [0.2, 0.25) is 11.9 Å². The lowest BCUT2D eigenvalue weighted by atomic mass is 9.98. The molecule has 0 saturated carbocycles. The fourth-order valence-corrected chi connectivity index (χ4v) is 6.95. The number of benzene rings is 1. The topological polar surface area (TPSA) is 93.8 Å². The monoisotopic (exact) mass is 513 g/mol. The van der Waals surface area contributed by atoms with Gasteiger partial charge in [-0.3, -0.25) is 4.79 Å². The Hall–Kier alpha value is -2.46. The van der Waals surface area contributed by atoms with Gasteiger partial charge < -0.3 is 25.0 Å². The van der Waals surface area contributed by atoms with E-state index in [0.717, 1.165) is 52.8 Å². The van der Waals surface area contributed by atoms with Crippen molar-refractivity contribution >= 4 is 50.8 Å². The smallest absolute Gasteiger partial charge is 0.248 e. The molecule has 0 spiro atoms.